The molecule has 1 aliphatic rings. The van der Waals surface area contributed by atoms with Gasteiger partial charge in [-0.2, -0.15) is 0 Å². The zero-order valence-corrected chi connectivity index (χ0v) is 11.2. The second-order valence-corrected chi connectivity index (χ2v) is 4.97. The molecular weight excluding hydrogens is 240 g/mol. The Morgan fingerprint density at radius 3 is 2.53 bits per heavy atom. The van der Waals surface area contributed by atoms with E-state index >= 15 is 0 Å². The van der Waals surface area contributed by atoms with E-state index < -0.39 is 0 Å². The van der Waals surface area contributed by atoms with Gasteiger partial charge in [0.1, 0.15) is 0 Å². The number of benzene rings is 1. The van der Waals surface area contributed by atoms with Crippen molar-refractivity contribution in [3.8, 4) is 0 Å². The van der Waals surface area contributed by atoms with Crippen LogP contribution in [-0.2, 0) is 12.8 Å². The number of nitrogens with zero attached hydrogens (tertiary/aromatic N) is 2. The van der Waals surface area contributed by atoms with Crippen LogP contribution in [0.3, 0.4) is 0 Å². The highest BCUT2D eigenvalue weighted by Gasteiger charge is 2.22. The minimum Gasteiger partial charge on any atom is -0.406 e. The molecular formula is C14H18N4O. The second kappa shape index (κ2) is 5.01. The van der Waals surface area contributed by atoms with Gasteiger partial charge in [0.15, 0.2) is 0 Å². The molecule has 0 amide bonds. The van der Waals surface area contributed by atoms with Crippen LogP contribution in [0.25, 0.3) is 0 Å². The van der Waals surface area contributed by atoms with Crippen LogP contribution in [0.2, 0.25) is 0 Å². The Hall–Kier alpha value is -1.88. The summed E-state index contributed by atoms with van der Waals surface area (Å²) in [6.07, 6.45) is 2.02. The first-order valence-corrected chi connectivity index (χ1v) is 6.60. The number of hydrogen-bond donors (Lipinski definition) is 2. The minimum absolute atomic E-state index is 0.0730. The van der Waals surface area contributed by atoms with E-state index in [9.17, 15) is 0 Å². The van der Waals surface area contributed by atoms with Gasteiger partial charge in [-0.25, -0.2) is 0 Å². The maximum absolute atomic E-state index is 5.60. The van der Waals surface area contributed by atoms with Gasteiger partial charge in [0.2, 0.25) is 5.89 Å². The Labute approximate surface area is 112 Å². The number of aromatic nitrogens is 2. The van der Waals surface area contributed by atoms with Gasteiger partial charge in [0.25, 0.3) is 0 Å². The summed E-state index contributed by atoms with van der Waals surface area (Å²) in [7, 11) is 1.87. The molecule has 5 heteroatoms. The van der Waals surface area contributed by atoms with Crippen molar-refractivity contribution in [1.82, 2.24) is 15.5 Å². The van der Waals surface area contributed by atoms with Crippen LogP contribution >= 0.6 is 0 Å². The van der Waals surface area contributed by atoms with Crippen LogP contribution < -0.4 is 10.6 Å². The topological polar surface area (TPSA) is 63.0 Å². The molecule has 2 N–H and O–H groups in total. The van der Waals surface area contributed by atoms with E-state index in [1.807, 2.05) is 14.0 Å². The lowest BCUT2D eigenvalue weighted by Crippen LogP contribution is -2.19. The van der Waals surface area contributed by atoms with Gasteiger partial charge in [-0.05, 0) is 37.9 Å². The van der Waals surface area contributed by atoms with Gasteiger partial charge in [-0.1, -0.05) is 29.4 Å². The molecule has 19 heavy (non-hydrogen) atoms. The zero-order chi connectivity index (χ0) is 13.2. The molecule has 1 aromatic heterocycles. The molecule has 0 saturated carbocycles. The van der Waals surface area contributed by atoms with E-state index in [0.717, 1.165) is 12.8 Å². The summed E-state index contributed by atoms with van der Waals surface area (Å²) in [4.78, 5) is 0. The molecule has 0 spiro atoms. The van der Waals surface area contributed by atoms with E-state index in [-0.39, 0.29) is 6.04 Å². The number of nitrogens with one attached hydrogen (secondary N) is 2. The normalized spacial score (nSPS) is 16.3. The van der Waals surface area contributed by atoms with Gasteiger partial charge < -0.3 is 15.1 Å². The molecule has 100 valence electrons. The first-order valence-electron chi connectivity index (χ1n) is 6.60. The van der Waals surface area contributed by atoms with Crippen LogP contribution in [0.15, 0.2) is 28.7 Å². The zero-order valence-electron chi connectivity index (χ0n) is 11.2. The monoisotopic (exact) mass is 258 g/mol. The molecule has 3 rings (SSSR count). The lowest BCUT2D eigenvalue weighted by molar-refractivity contribution is 0.438. The third-order valence-corrected chi connectivity index (χ3v) is 3.62. The maximum Gasteiger partial charge on any atom is 0.315 e. The lowest BCUT2D eigenvalue weighted by atomic mass is 10.1. The standard InChI is InChI=1S/C14H18N4O/c1-9(15-2)13-17-18-14(19-13)16-12-7-10-5-3-4-6-11(10)8-12/h3-6,9,12,15H,7-8H2,1-2H3,(H,16,18). The second-order valence-electron chi connectivity index (χ2n) is 4.97. The van der Waals surface area contributed by atoms with Gasteiger partial charge in [-0.15, -0.1) is 5.10 Å². The highest BCUT2D eigenvalue weighted by Crippen LogP contribution is 2.24. The third kappa shape index (κ3) is 2.46. The summed E-state index contributed by atoms with van der Waals surface area (Å²) in [5.74, 6) is 0.612. The van der Waals surface area contributed by atoms with E-state index in [1.54, 1.807) is 0 Å². The molecule has 1 heterocycles. The predicted molar refractivity (Wildman–Crippen MR) is 73.0 cm³/mol. The molecule has 0 fully saturated rings. The fourth-order valence-corrected chi connectivity index (χ4v) is 2.43. The molecule has 2 aromatic rings. The number of hydrogen-bond acceptors (Lipinski definition) is 5. The van der Waals surface area contributed by atoms with Crippen LogP contribution in [-0.4, -0.2) is 23.3 Å². The Morgan fingerprint density at radius 2 is 1.89 bits per heavy atom. The quantitative estimate of drug-likeness (QED) is 0.877. The molecule has 0 saturated heterocycles. The van der Waals surface area contributed by atoms with Crippen molar-refractivity contribution >= 4 is 6.01 Å². The summed E-state index contributed by atoms with van der Waals surface area (Å²) < 4.78 is 5.60. The van der Waals surface area contributed by atoms with Crippen molar-refractivity contribution < 1.29 is 4.42 Å². The predicted octanol–water partition coefficient (Wildman–Crippen LogP) is 1.93. The Bertz CT molecular complexity index is 541. The lowest BCUT2D eigenvalue weighted by Gasteiger charge is -2.08. The number of anilines is 1. The largest absolute Gasteiger partial charge is 0.406 e. The summed E-state index contributed by atoms with van der Waals surface area (Å²) in [5, 5.41) is 14.5. The molecule has 1 aliphatic carbocycles. The van der Waals surface area contributed by atoms with Crippen molar-refractivity contribution in [1.29, 1.82) is 0 Å². The summed E-state index contributed by atoms with van der Waals surface area (Å²) in [6.45, 7) is 1.99. The molecule has 1 atom stereocenters. The summed E-state index contributed by atoms with van der Waals surface area (Å²) in [5.41, 5.74) is 2.81. The third-order valence-electron chi connectivity index (χ3n) is 3.62. The van der Waals surface area contributed by atoms with Gasteiger partial charge in [0.05, 0.1) is 6.04 Å². The van der Waals surface area contributed by atoms with Crippen LogP contribution in [0, 0.1) is 0 Å². The average molecular weight is 258 g/mol. The Balaban J connectivity index is 1.66. The average Bonchev–Trinajstić information content (AvgIpc) is 3.04. The van der Waals surface area contributed by atoms with E-state index in [2.05, 4.69) is 45.1 Å². The fourth-order valence-electron chi connectivity index (χ4n) is 2.43. The van der Waals surface area contributed by atoms with Crippen LogP contribution in [0.1, 0.15) is 30.0 Å². The van der Waals surface area contributed by atoms with Gasteiger partial charge in [-0.3, -0.25) is 0 Å². The minimum atomic E-state index is 0.0730. The van der Waals surface area contributed by atoms with Crippen LogP contribution in [0.5, 0.6) is 0 Å². The van der Waals surface area contributed by atoms with Crippen molar-refractivity contribution in [3.63, 3.8) is 0 Å². The van der Waals surface area contributed by atoms with Crippen LogP contribution in [0.4, 0.5) is 6.01 Å². The molecule has 0 aliphatic heterocycles. The number of rotatable bonds is 4. The maximum atomic E-state index is 5.60. The molecule has 5 nitrogen and oxygen atoms in total. The molecule has 1 unspecified atom stereocenters. The Kier molecular flexibility index (Phi) is 3.21. The van der Waals surface area contributed by atoms with Crippen molar-refractivity contribution in [2.75, 3.05) is 12.4 Å². The van der Waals surface area contributed by atoms with Gasteiger partial charge >= 0.3 is 6.01 Å². The summed E-state index contributed by atoms with van der Waals surface area (Å²) in [6, 6.07) is 9.45. The van der Waals surface area contributed by atoms with Crippen molar-refractivity contribution in [2.24, 2.45) is 0 Å². The molecule has 0 bridgehead atoms. The molecule has 0 radical (unpaired) electrons. The van der Waals surface area contributed by atoms with E-state index in [0.29, 0.717) is 17.9 Å². The van der Waals surface area contributed by atoms with E-state index in [4.69, 9.17) is 4.42 Å². The van der Waals surface area contributed by atoms with Crippen molar-refractivity contribution in [3.05, 3.63) is 41.3 Å². The van der Waals surface area contributed by atoms with Crippen molar-refractivity contribution in [2.45, 2.75) is 31.8 Å². The Morgan fingerprint density at radius 1 is 1.21 bits per heavy atom. The fraction of sp³-hybridized carbons (Fsp3) is 0.429. The first-order chi connectivity index (χ1) is 9.26. The highest BCUT2D eigenvalue weighted by atomic mass is 16.4. The highest BCUT2D eigenvalue weighted by molar-refractivity contribution is 5.37. The number of fused-ring (bicyclic) bond motifs is 1. The van der Waals surface area contributed by atoms with E-state index in [1.165, 1.54) is 11.1 Å². The first kappa shape index (κ1) is 12.2. The molecule has 1 aromatic carbocycles. The summed E-state index contributed by atoms with van der Waals surface area (Å²) >= 11 is 0. The van der Waals surface area contributed by atoms with Gasteiger partial charge in [0, 0.05) is 6.04 Å². The SMILES string of the molecule is CNC(C)c1nnc(NC2Cc3ccccc3C2)o1. The smallest absolute Gasteiger partial charge is 0.315 e.